The van der Waals surface area contributed by atoms with Gasteiger partial charge in [-0.2, -0.15) is 0 Å². The molecule has 3 aromatic rings. The van der Waals surface area contributed by atoms with Crippen molar-refractivity contribution in [2.24, 2.45) is 0 Å². The second-order valence-electron chi connectivity index (χ2n) is 7.55. The maximum atomic E-state index is 13.1. The average Bonchev–Trinajstić information content (AvgIpc) is 3.38. The normalized spacial score (nSPS) is 14.8. The number of carbonyl (C=O) groups is 2. The third-order valence-electron chi connectivity index (χ3n) is 5.21. The van der Waals surface area contributed by atoms with Crippen LogP contribution in [0.2, 0.25) is 4.34 Å². The Morgan fingerprint density at radius 3 is 2.75 bits per heavy atom. The number of carbonyl (C=O) groups excluding carboxylic acids is 2. The van der Waals surface area contributed by atoms with Gasteiger partial charge in [0.25, 0.3) is 0 Å². The number of hydrogen-bond donors (Lipinski definition) is 2. The number of rotatable bonds is 6. The van der Waals surface area contributed by atoms with Gasteiger partial charge in [0.15, 0.2) is 5.06 Å². The zero-order valence-corrected chi connectivity index (χ0v) is 19.9. The Kier molecular flexibility index (Phi) is 7.41. The van der Waals surface area contributed by atoms with E-state index < -0.39 is 12.1 Å². The molecule has 2 aromatic heterocycles. The zero-order chi connectivity index (χ0) is 22.5. The summed E-state index contributed by atoms with van der Waals surface area (Å²) in [5.74, 6) is -0.327. The van der Waals surface area contributed by atoms with Gasteiger partial charge in [0, 0.05) is 36.8 Å². The number of halogens is 1. The molecular formula is C22H23ClN4O3S2. The van der Waals surface area contributed by atoms with E-state index in [1.165, 1.54) is 22.5 Å². The smallest absolute Gasteiger partial charge is 0.399 e. The highest BCUT2D eigenvalue weighted by atomic mass is 35.5. The Balaban J connectivity index is 1.45. The minimum Gasteiger partial charge on any atom is -0.399 e. The number of nitrogens with zero attached hydrogens (tertiary/aromatic N) is 2. The summed E-state index contributed by atoms with van der Waals surface area (Å²) in [4.78, 5) is 32.0. The molecule has 0 aliphatic carbocycles. The lowest BCUT2D eigenvalue weighted by Crippen LogP contribution is -2.46. The van der Waals surface area contributed by atoms with Crippen molar-refractivity contribution in [3.63, 3.8) is 0 Å². The summed E-state index contributed by atoms with van der Waals surface area (Å²) in [5, 5.41) is 8.54. The summed E-state index contributed by atoms with van der Waals surface area (Å²) < 4.78 is 5.78. The van der Waals surface area contributed by atoms with Gasteiger partial charge in [0.2, 0.25) is 5.91 Å². The molecule has 0 spiro atoms. The number of fused-ring (bicyclic) bond motifs is 1. The van der Waals surface area contributed by atoms with Crippen LogP contribution in [0.3, 0.4) is 0 Å². The molecule has 7 nitrogen and oxygen atoms in total. The van der Waals surface area contributed by atoms with Crippen molar-refractivity contribution in [2.75, 3.05) is 25.5 Å². The Hall–Kier alpha value is -2.46. The zero-order valence-electron chi connectivity index (χ0n) is 17.5. The van der Waals surface area contributed by atoms with Crippen LogP contribution in [0.5, 0.6) is 5.06 Å². The van der Waals surface area contributed by atoms with Crippen molar-refractivity contribution in [1.82, 2.24) is 15.2 Å². The molecule has 3 heterocycles. The van der Waals surface area contributed by atoms with Gasteiger partial charge >= 0.3 is 6.09 Å². The molecule has 32 heavy (non-hydrogen) atoms. The highest BCUT2D eigenvalue weighted by Crippen LogP contribution is 2.28. The first-order valence-electron chi connectivity index (χ1n) is 10.2. The quantitative estimate of drug-likeness (QED) is 0.540. The van der Waals surface area contributed by atoms with Gasteiger partial charge < -0.3 is 20.3 Å². The highest BCUT2D eigenvalue weighted by molar-refractivity contribution is 7.17. The van der Waals surface area contributed by atoms with Gasteiger partial charge in [0.05, 0.1) is 9.34 Å². The van der Waals surface area contributed by atoms with Crippen molar-refractivity contribution in [3.05, 3.63) is 62.4 Å². The number of nitrogens with one attached hydrogen (secondary N) is 2. The van der Waals surface area contributed by atoms with Crippen LogP contribution in [-0.2, 0) is 24.1 Å². The van der Waals surface area contributed by atoms with Crippen LogP contribution >= 0.6 is 34.3 Å². The topological polar surface area (TPSA) is 83.6 Å². The molecule has 2 N–H and O–H groups in total. The minimum absolute atomic E-state index is 0.263. The number of thiophene rings is 1. The van der Waals surface area contributed by atoms with Gasteiger partial charge in [-0.3, -0.25) is 4.79 Å². The monoisotopic (exact) mass is 490 g/mol. The number of benzene rings is 1. The predicted octanol–water partition coefficient (Wildman–Crippen LogP) is 4.23. The standard InChI is InChI=1S/C22H23ClN4O3S2/c1-27-9-6-14-2-3-16(12-15(14)7-10-27)25-21(28)17(13-19-24-8-11-31-19)26-22(29)30-20-5-4-18(23)32-20/h2-5,8,11-12,17H,6-7,9-10,13H2,1H3,(H,25,28)(H,26,29). The van der Waals surface area contributed by atoms with Crippen LogP contribution in [0.1, 0.15) is 16.1 Å². The number of ether oxygens (including phenoxy) is 1. The average molecular weight is 491 g/mol. The fraction of sp³-hybridized carbons (Fsp3) is 0.318. The Morgan fingerprint density at radius 2 is 2.03 bits per heavy atom. The van der Waals surface area contributed by atoms with Crippen LogP contribution in [0, 0.1) is 0 Å². The van der Waals surface area contributed by atoms with E-state index in [0.717, 1.165) is 42.3 Å². The molecule has 10 heteroatoms. The molecule has 0 saturated carbocycles. The summed E-state index contributed by atoms with van der Waals surface area (Å²) in [6, 6.07) is 8.42. The lowest BCUT2D eigenvalue weighted by molar-refractivity contribution is -0.118. The molecule has 168 valence electrons. The van der Waals surface area contributed by atoms with Crippen molar-refractivity contribution < 1.29 is 14.3 Å². The van der Waals surface area contributed by atoms with E-state index in [1.807, 2.05) is 17.5 Å². The van der Waals surface area contributed by atoms with E-state index in [9.17, 15) is 9.59 Å². The maximum absolute atomic E-state index is 13.1. The number of anilines is 1. The number of aromatic nitrogens is 1. The van der Waals surface area contributed by atoms with Crippen LogP contribution in [0.25, 0.3) is 0 Å². The fourth-order valence-corrected chi connectivity index (χ4v) is 5.03. The van der Waals surface area contributed by atoms with Gasteiger partial charge in [-0.05, 0) is 55.3 Å². The molecule has 0 bridgehead atoms. The molecule has 1 atom stereocenters. The molecule has 1 aromatic carbocycles. The minimum atomic E-state index is -0.839. The van der Waals surface area contributed by atoms with Crippen molar-refractivity contribution in [2.45, 2.75) is 25.3 Å². The number of thiazole rings is 1. The number of amides is 2. The Bertz CT molecular complexity index is 1090. The number of likely N-dealkylation sites (N-methyl/N-ethyl adjacent to an activating group) is 1. The van der Waals surface area contributed by atoms with Crippen LogP contribution in [0.4, 0.5) is 10.5 Å². The SMILES string of the molecule is CN1CCc2ccc(NC(=O)C(Cc3nccs3)NC(=O)Oc3ccc(Cl)s3)cc2CC1. The maximum Gasteiger partial charge on any atom is 0.414 e. The van der Waals surface area contributed by atoms with Crippen LogP contribution in [-0.4, -0.2) is 48.1 Å². The van der Waals surface area contributed by atoms with E-state index in [2.05, 4.69) is 33.6 Å². The third kappa shape index (κ3) is 6.07. The lowest BCUT2D eigenvalue weighted by atomic mass is 10.0. The van der Waals surface area contributed by atoms with E-state index in [1.54, 1.807) is 18.3 Å². The molecule has 1 unspecified atom stereocenters. The second-order valence-corrected chi connectivity index (χ2v) is 10.2. The van der Waals surface area contributed by atoms with Crippen molar-refractivity contribution >= 4 is 52.0 Å². The third-order valence-corrected chi connectivity index (χ3v) is 7.12. The predicted molar refractivity (Wildman–Crippen MR) is 128 cm³/mol. The molecule has 1 aliphatic rings. The summed E-state index contributed by atoms with van der Waals surface area (Å²) in [7, 11) is 2.12. The largest absolute Gasteiger partial charge is 0.414 e. The Labute approximate surface area is 199 Å². The van der Waals surface area contributed by atoms with E-state index >= 15 is 0 Å². The van der Waals surface area contributed by atoms with E-state index in [0.29, 0.717) is 15.1 Å². The first-order chi connectivity index (χ1) is 15.5. The van der Waals surface area contributed by atoms with Crippen molar-refractivity contribution in [1.29, 1.82) is 0 Å². The van der Waals surface area contributed by atoms with E-state index in [-0.39, 0.29) is 12.3 Å². The molecule has 2 amide bonds. The summed E-state index contributed by atoms with van der Waals surface area (Å²) in [6.45, 7) is 2.01. The summed E-state index contributed by atoms with van der Waals surface area (Å²) in [5.41, 5.74) is 3.26. The molecule has 1 aliphatic heterocycles. The molecule has 0 fully saturated rings. The molecule has 0 saturated heterocycles. The summed E-state index contributed by atoms with van der Waals surface area (Å²) in [6.07, 6.45) is 3.15. The lowest BCUT2D eigenvalue weighted by Gasteiger charge is -2.18. The molecule has 4 rings (SSSR count). The van der Waals surface area contributed by atoms with Gasteiger partial charge in [-0.15, -0.1) is 11.3 Å². The summed E-state index contributed by atoms with van der Waals surface area (Å²) >= 11 is 8.46. The first kappa shape index (κ1) is 22.7. The Morgan fingerprint density at radius 1 is 1.22 bits per heavy atom. The van der Waals surface area contributed by atoms with Crippen molar-refractivity contribution in [3.8, 4) is 5.06 Å². The molecule has 0 radical (unpaired) electrons. The first-order valence-corrected chi connectivity index (χ1v) is 12.3. The van der Waals surface area contributed by atoms with Crippen LogP contribution in [0.15, 0.2) is 41.9 Å². The molecular weight excluding hydrogens is 468 g/mol. The van der Waals surface area contributed by atoms with Crippen LogP contribution < -0.4 is 15.4 Å². The van der Waals surface area contributed by atoms with Gasteiger partial charge in [0.1, 0.15) is 6.04 Å². The van der Waals surface area contributed by atoms with E-state index in [4.69, 9.17) is 16.3 Å². The number of hydrogen-bond acceptors (Lipinski definition) is 7. The highest BCUT2D eigenvalue weighted by Gasteiger charge is 2.24. The fourth-order valence-electron chi connectivity index (χ4n) is 3.50. The van der Waals surface area contributed by atoms with Gasteiger partial charge in [-0.25, -0.2) is 9.78 Å². The second kappa shape index (κ2) is 10.4. The van der Waals surface area contributed by atoms with Gasteiger partial charge in [-0.1, -0.05) is 29.0 Å².